The largest absolute Gasteiger partial charge is 0.507 e. The molecule has 40 heavy (non-hydrogen) atoms. The predicted molar refractivity (Wildman–Crippen MR) is 157 cm³/mol. The topological polar surface area (TPSA) is 93.1 Å². The molecule has 1 saturated heterocycles. The van der Waals surface area contributed by atoms with Crippen LogP contribution in [-0.2, 0) is 19.7 Å². The third-order valence-electron chi connectivity index (χ3n) is 6.55. The van der Waals surface area contributed by atoms with E-state index < -0.39 is 23.7 Å². The zero-order valence-electron chi connectivity index (χ0n) is 23.7. The van der Waals surface area contributed by atoms with Crippen molar-refractivity contribution in [1.82, 2.24) is 0 Å². The number of nitrogens with zero attached hydrogens (tertiary/aromatic N) is 1. The van der Waals surface area contributed by atoms with E-state index in [-0.39, 0.29) is 22.7 Å². The Bertz CT molecular complexity index is 1430. The van der Waals surface area contributed by atoms with Crippen molar-refractivity contribution >= 4 is 40.4 Å². The minimum atomic E-state index is -0.830. The van der Waals surface area contributed by atoms with E-state index in [1.54, 1.807) is 36.4 Å². The van der Waals surface area contributed by atoms with Crippen molar-refractivity contribution in [3.05, 3.63) is 87.1 Å². The monoisotopic (exact) mass is 561 g/mol. The molecule has 1 aromatic heterocycles. The molecule has 2 heterocycles. The second-order valence-corrected chi connectivity index (χ2v) is 12.1. The van der Waals surface area contributed by atoms with Crippen molar-refractivity contribution in [1.29, 1.82) is 0 Å². The van der Waals surface area contributed by atoms with Gasteiger partial charge in [-0.15, -0.1) is 11.3 Å². The molecule has 2 aromatic carbocycles. The minimum absolute atomic E-state index is 0.0110. The highest BCUT2D eigenvalue weighted by Gasteiger charge is 2.47. The standard InChI is InChI=1S/C32H35NO6S/c1-7-38-24-15-12-21(17-23(24)32(4,5)6)28(34)26-27(25-9-8-16-40-25)33(30(36)29(26)35)22-13-10-20(11-14-22)31(37)39-18-19(2)3/h8-17,19,27,34H,7,18H2,1-6H3/b28-26-. The molecule has 1 N–H and O–H groups in total. The maximum absolute atomic E-state index is 13.5. The number of aliphatic hydroxyl groups is 1. The molecule has 1 aliphatic heterocycles. The number of Topliss-reactive ketones (excluding diaryl/α,β-unsaturated/α-hetero) is 1. The van der Waals surface area contributed by atoms with Gasteiger partial charge in [0.1, 0.15) is 17.6 Å². The Hall–Kier alpha value is -3.91. The summed E-state index contributed by atoms with van der Waals surface area (Å²) >= 11 is 1.39. The summed E-state index contributed by atoms with van der Waals surface area (Å²) in [5, 5.41) is 13.4. The Morgan fingerprint density at radius 1 is 1.05 bits per heavy atom. The number of hydrogen-bond donors (Lipinski definition) is 1. The summed E-state index contributed by atoms with van der Waals surface area (Å²) in [5.41, 5.74) is 1.80. The van der Waals surface area contributed by atoms with Gasteiger partial charge in [-0.05, 0) is 72.2 Å². The number of carbonyl (C=O) groups is 3. The lowest BCUT2D eigenvalue weighted by molar-refractivity contribution is -0.132. The number of thiophene rings is 1. The lowest BCUT2D eigenvalue weighted by atomic mass is 9.84. The van der Waals surface area contributed by atoms with E-state index in [0.29, 0.717) is 35.8 Å². The molecule has 0 saturated carbocycles. The van der Waals surface area contributed by atoms with Crippen molar-refractivity contribution < 1.29 is 29.0 Å². The fourth-order valence-electron chi connectivity index (χ4n) is 4.60. The van der Waals surface area contributed by atoms with Gasteiger partial charge in [-0.1, -0.05) is 40.7 Å². The van der Waals surface area contributed by atoms with Gasteiger partial charge in [0.25, 0.3) is 11.7 Å². The second kappa shape index (κ2) is 11.7. The second-order valence-electron chi connectivity index (χ2n) is 11.1. The number of rotatable bonds is 8. The summed E-state index contributed by atoms with van der Waals surface area (Å²) in [4.78, 5) is 41.4. The molecule has 210 valence electrons. The number of benzene rings is 2. The number of carbonyl (C=O) groups excluding carboxylic acids is 3. The van der Waals surface area contributed by atoms with Crippen LogP contribution in [0.15, 0.2) is 65.6 Å². The Morgan fingerprint density at radius 2 is 1.73 bits per heavy atom. The van der Waals surface area contributed by atoms with E-state index in [4.69, 9.17) is 9.47 Å². The summed E-state index contributed by atoms with van der Waals surface area (Å²) in [6.07, 6.45) is 0. The first kappa shape index (κ1) is 29.1. The number of aliphatic hydroxyl groups excluding tert-OH is 1. The maximum Gasteiger partial charge on any atom is 0.338 e. The van der Waals surface area contributed by atoms with E-state index in [2.05, 4.69) is 0 Å². The highest BCUT2D eigenvalue weighted by molar-refractivity contribution is 7.10. The van der Waals surface area contributed by atoms with Gasteiger partial charge >= 0.3 is 5.97 Å². The van der Waals surface area contributed by atoms with Crippen LogP contribution < -0.4 is 9.64 Å². The van der Waals surface area contributed by atoms with Crippen LogP contribution in [0.1, 0.15) is 73.9 Å². The predicted octanol–water partition coefficient (Wildman–Crippen LogP) is 6.88. The average molecular weight is 562 g/mol. The molecule has 4 rings (SSSR count). The first-order chi connectivity index (χ1) is 18.9. The van der Waals surface area contributed by atoms with E-state index in [1.807, 2.05) is 65.1 Å². The van der Waals surface area contributed by atoms with Gasteiger partial charge in [-0.2, -0.15) is 0 Å². The van der Waals surface area contributed by atoms with E-state index >= 15 is 0 Å². The molecule has 1 fully saturated rings. The number of anilines is 1. The lowest BCUT2D eigenvalue weighted by Crippen LogP contribution is -2.29. The number of hydrogen-bond acceptors (Lipinski definition) is 7. The molecule has 1 atom stereocenters. The van der Waals surface area contributed by atoms with Crippen molar-refractivity contribution in [3.8, 4) is 5.75 Å². The first-order valence-electron chi connectivity index (χ1n) is 13.3. The van der Waals surface area contributed by atoms with Gasteiger partial charge in [0, 0.05) is 21.7 Å². The normalized spacial score (nSPS) is 17.0. The molecule has 0 bridgehead atoms. The van der Waals surface area contributed by atoms with Crippen LogP contribution in [0.3, 0.4) is 0 Å². The van der Waals surface area contributed by atoms with Gasteiger partial charge in [-0.25, -0.2) is 4.79 Å². The zero-order chi connectivity index (χ0) is 29.2. The smallest absolute Gasteiger partial charge is 0.338 e. The van der Waals surface area contributed by atoms with Crippen LogP contribution in [0.2, 0.25) is 0 Å². The molecule has 0 spiro atoms. The van der Waals surface area contributed by atoms with Gasteiger partial charge in [0.2, 0.25) is 0 Å². The molecule has 1 aliphatic rings. The molecule has 1 unspecified atom stereocenters. The summed E-state index contributed by atoms with van der Waals surface area (Å²) < 4.78 is 11.1. The molecular formula is C32H35NO6S. The molecule has 0 radical (unpaired) electrons. The van der Waals surface area contributed by atoms with Gasteiger partial charge in [-0.3, -0.25) is 14.5 Å². The lowest BCUT2D eigenvalue weighted by Gasteiger charge is -2.25. The SMILES string of the molecule is CCOc1ccc(/C(O)=C2/C(=O)C(=O)N(c3ccc(C(=O)OCC(C)C)cc3)C2c2cccs2)cc1C(C)(C)C. The quantitative estimate of drug-likeness (QED) is 0.139. The molecule has 0 aliphatic carbocycles. The average Bonchev–Trinajstić information content (AvgIpc) is 3.53. The molecule has 1 amide bonds. The number of ketones is 1. The molecular weight excluding hydrogens is 526 g/mol. The summed E-state index contributed by atoms with van der Waals surface area (Å²) in [7, 11) is 0. The Morgan fingerprint density at radius 3 is 2.30 bits per heavy atom. The summed E-state index contributed by atoms with van der Waals surface area (Å²) in [6, 6.07) is 14.5. The van der Waals surface area contributed by atoms with Crippen LogP contribution in [0.5, 0.6) is 5.75 Å². The third kappa shape index (κ3) is 5.82. The summed E-state index contributed by atoms with van der Waals surface area (Å²) in [5.74, 6) is -1.33. The van der Waals surface area contributed by atoms with Crippen molar-refractivity contribution in [2.45, 2.75) is 53.0 Å². The minimum Gasteiger partial charge on any atom is -0.507 e. The third-order valence-corrected chi connectivity index (χ3v) is 7.47. The van der Waals surface area contributed by atoms with Crippen LogP contribution >= 0.6 is 11.3 Å². The molecule has 7 nitrogen and oxygen atoms in total. The Balaban J connectivity index is 1.79. The van der Waals surface area contributed by atoms with E-state index in [0.717, 1.165) is 10.4 Å². The summed E-state index contributed by atoms with van der Waals surface area (Å²) in [6.45, 7) is 12.7. The molecule has 8 heteroatoms. The zero-order valence-corrected chi connectivity index (χ0v) is 24.5. The maximum atomic E-state index is 13.5. The van der Waals surface area contributed by atoms with E-state index in [1.165, 1.54) is 16.2 Å². The number of ether oxygens (including phenoxy) is 2. The van der Waals surface area contributed by atoms with E-state index in [9.17, 15) is 19.5 Å². The fourth-order valence-corrected chi connectivity index (χ4v) is 5.42. The van der Waals surface area contributed by atoms with Crippen molar-refractivity contribution in [3.63, 3.8) is 0 Å². The fraction of sp³-hybridized carbons (Fsp3) is 0.344. The van der Waals surface area contributed by atoms with Crippen molar-refractivity contribution in [2.75, 3.05) is 18.1 Å². The van der Waals surface area contributed by atoms with Gasteiger partial charge in [0.15, 0.2) is 0 Å². The Kier molecular flexibility index (Phi) is 8.49. The van der Waals surface area contributed by atoms with Gasteiger partial charge in [0.05, 0.1) is 24.4 Å². The highest BCUT2D eigenvalue weighted by atomic mass is 32.1. The molecule has 3 aromatic rings. The number of amides is 1. The van der Waals surface area contributed by atoms with Crippen LogP contribution in [-0.4, -0.2) is 36.0 Å². The Labute approximate surface area is 239 Å². The highest BCUT2D eigenvalue weighted by Crippen LogP contribution is 2.44. The van der Waals surface area contributed by atoms with Gasteiger partial charge < -0.3 is 14.6 Å². The first-order valence-corrected chi connectivity index (χ1v) is 14.2. The van der Waals surface area contributed by atoms with Crippen LogP contribution in [0.25, 0.3) is 5.76 Å². The van der Waals surface area contributed by atoms with Crippen molar-refractivity contribution in [2.24, 2.45) is 5.92 Å². The van der Waals surface area contributed by atoms with Crippen LogP contribution in [0.4, 0.5) is 5.69 Å². The number of esters is 1. The van der Waals surface area contributed by atoms with Crippen LogP contribution in [0, 0.1) is 5.92 Å².